The molecule has 1 aliphatic rings. The zero-order valence-electron chi connectivity index (χ0n) is 12.6. The Morgan fingerprint density at radius 2 is 2.26 bits per heavy atom. The van der Waals surface area contributed by atoms with Crippen molar-refractivity contribution in [3.63, 3.8) is 0 Å². The minimum Gasteiger partial charge on any atom is -0.460 e. The number of esters is 1. The summed E-state index contributed by atoms with van der Waals surface area (Å²) in [5.74, 6) is -0.408. The zero-order chi connectivity index (χ0) is 16.0. The Labute approximate surface area is 131 Å². The van der Waals surface area contributed by atoms with E-state index in [0.717, 1.165) is 18.5 Å². The van der Waals surface area contributed by atoms with Crippen molar-refractivity contribution in [2.24, 2.45) is 0 Å². The smallest absolute Gasteiger partial charge is 0.374 e. The Hall–Kier alpha value is -2.63. The fourth-order valence-corrected chi connectivity index (χ4v) is 2.66. The van der Waals surface area contributed by atoms with E-state index in [1.54, 1.807) is 23.9 Å². The third-order valence-corrected chi connectivity index (χ3v) is 3.93. The predicted octanol–water partition coefficient (Wildman–Crippen LogP) is 3.81. The van der Waals surface area contributed by atoms with Crippen LogP contribution in [-0.4, -0.2) is 22.1 Å². The number of hydrogen-bond donors (Lipinski definition) is 0. The Morgan fingerprint density at radius 1 is 1.43 bits per heavy atom. The molecule has 2 heterocycles. The van der Waals surface area contributed by atoms with E-state index in [0.29, 0.717) is 22.6 Å². The number of carbonyl (C=O) groups is 1. The topological polar surface area (TPSA) is 57.3 Å². The van der Waals surface area contributed by atoms with Crippen molar-refractivity contribution >= 4 is 16.9 Å². The number of imidazole rings is 1. The number of carbonyl (C=O) groups excluding carboxylic acids is 1. The first kappa shape index (κ1) is 14.0. The standard InChI is InChI=1S/C17H15FN2O3/c1-2-22-17(21)16-7-12-14(5-11(18)6-15(12)23-16)20-8-13(19-9-20)10-3-4-10/h5-10H,2-4H2,1H3. The fraction of sp³-hybridized carbons (Fsp3) is 0.294. The van der Waals surface area contributed by atoms with Gasteiger partial charge in [0.15, 0.2) is 0 Å². The maximum absolute atomic E-state index is 13.9. The summed E-state index contributed by atoms with van der Waals surface area (Å²) >= 11 is 0. The van der Waals surface area contributed by atoms with Crippen LogP contribution in [0.1, 0.15) is 41.9 Å². The number of rotatable bonds is 4. The molecule has 4 rings (SSSR count). The summed E-state index contributed by atoms with van der Waals surface area (Å²) in [6, 6.07) is 4.25. The molecule has 2 aromatic heterocycles. The average Bonchev–Trinajstić information content (AvgIpc) is 3.10. The normalized spacial score (nSPS) is 14.3. The first-order valence-electron chi connectivity index (χ1n) is 7.60. The number of nitrogens with zero attached hydrogens (tertiary/aromatic N) is 2. The monoisotopic (exact) mass is 314 g/mol. The lowest BCUT2D eigenvalue weighted by atomic mass is 10.2. The summed E-state index contributed by atoms with van der Waals surface area (Å²) in [7, 11) is 0. The molecule has 1 fully saturated rings. The fourth-order valence-electron chi connectivity index (χ4n) is 2.66. The number of halogens is 1. The van der Waals surface area contributed by atoms with Gasteiger partial charge in [0, 0.05) is 29.6 Å². The third kappa shape index (κ3) is 2.50. The molecule has 1 aromatic carbocycles. The van der Waals surface area contributed by atoms with Crippen LogP contribution in [0.4, 0.5) is 4.39 Å². The molecular formula is C17H15FN2O3. The summed E-state index contributed by atoms with van der Waals surface area (Å²) in [5.41, 5.74) is 1.92. The van der Waals surface area contributed by atoms with Gasteiger partial charge in [-0.25, -0.2) is 14.2 Å². The first-order chi connectivity index (χ1) is 11.2. The predicted molar refractivity (Wildman–Crippen MR) is 81.2 cm³/mol. The van der Waals surface area contributed by atoms with Crippen LogP contribution in [0, 0.1) is 5.82 Å². The van der Waals surface area contributed by atoms with E-state index >= 15 is 0 Å². The number of ether oxygens (including phenoxy) is 1. The molecule has 0 amide bonds. The molecule has 0 N–H and O–H groups in total. The van der Waals surface area contributed by atoms with Crippen LogP contribution < -0.4 is 0 Å². The number of hydrogen-bond acceptors (Lipinski definition) is 4. The zero-order valence-corrected chi connectivity index (χ0v) is 12.6. The maximum atomic E-state index is 13.9. The van der Waals surface area contributed by atoms with Gasteiger partial charge in [0.1, 0.15) is 11.4 Å². The molecule has 0 spiro atoms. The highest BCUT2D eigenvalue weighted by molar-refractivity contribution is 5.95. The summed E-state index contributed by atoms with van der Waals surface area (Å²) < 4.78 is 26.1. The van der Waals surface area contributed by atoms with Crippen molar-refractivity contribution in [2.45, 2.75) is 25.7 Å². The van der Waals surface area contributed by atoms with Crippen LogP contribution in [0.2, 0.25) is 0 Å². The van der Waals surface area contributed by atoms with Crippen molar-refractivity contribution in [3.05, 3.63) is 48.0 Å². The van der Waals surface area contributed by atoms with Crippen LogP contribution in [0.5, 0.6) is 0 Å². The SMILES string of the molecule is CCOC(=O)c1cc2c(-n3cnc(C4CC4)c3)cc(F)cc2o1. The van der Waals surface area contributed by atoms with Crippen molar-refractivity contribution in [2.75, 3.05) is 6.61 Å². The first-order valence-corrected chi connectivity index (χ1v) is 7.60. The highest BCUT2D eigenvalue weighted by Crippen LogP contribution is 2.39. The molecule has 0 unspecified atom stereocenters. The number of furan rings is 1. The lowest BCUT2D eigenvalue weighted by Gasteiger charge is -2.03. The van der Waals surface area contributed by atoms with Gasteiger partial charge in [0.05, 0.1) is 24.3 Å². The van der Waals surface area contributed by atoms with Crippen LogP contribution >= 0.6 is 0 Å². The molecule has 0 aliphatic heterocycles. The Balaban J connectivity index is 1.82. The number of benzene rings is 1. The Bertz CT molecular complexity index is 893. The van der Waals surface area contributed by atoms with Crippen molar-refractivity contribution in [1.82, 2.24) is 9.55 Å². The van der Waals surface area contributed by atoms with E-state index in [9.17, 15) is 9.18 Å². The van der Waals surface area contributed by atoms with Crippen molar-refractivity contribution in [3.8, 4) is 5.69 Å². The molecule has 0 saturated heterocycles. The van der Waals surface area contributed by atoms with E-state index in [1.165, 1.54) is 12.1 Å². The van der Waals surface area contributed by atoms with Gasteiger partial charge in [-0.2, -0.15) is 0 Å². The van der Waals surface area contributed by atoms with Gasteiger partial charge < -0.3 is 13.7 Å². The van der Waals surface area contributed by atoms with E-state index in [-0.39, 0.29) is 12.4 Å². The third-order valence-electron chi connectivity index (χ3n) is 3.93. The van der Waals surface area contributed by atoms with Crippen molar-refractivity contribution in [1.29, 1.82) is 0 Å². The molecule has 1 aliphatic carbocycles. The maximum Gasteiger partial charge on any atom is 0.374 e. The second-order valence-electron chi connectivity index (χ2n) is 5.65. The van der Waals surface area contributed by atoms with Crippen molar-refractivity contribution < 1.29 is 18.3 Å². The van der Waals surface area contributed by atoms with Gasteiger partial charge in [0.2, 0.25) is 5.76 Å². The van der Waals surface area contributed by atoms with Gasteiger partial charge in [-0.05, 0) is 25.8 Å². The van der Waals surface area contributed by atoms with E-state index < -0.39 is 11.8 Å². The molecule has 3 aromatic rings. The Kier molecular flexibility index (Phi) is 3.18. The van der Waals surface area contributed by atoms with E-state index in [4.69, 9.17) is 9.15 Å². The molecule has 118 valence electrons. The van der Waals surface area contributed by atoms with E-state index in [1.807, 2.05) is 6.20 Å². The Morgan fingerprint density at radius 3 is 3.00 bits per heavy atom. The minimum absolute atomic E-state index is 0.0660. The van der Waals surface area contributed by atoms with E-state index in [2.05, 4.69) is 4.98 Å². The quantitative estimate of drug-likeness (QED) is 0.687. The van der Waals surface area contributed by atoms with Gasteiger partial charge in [-0.15, -0.1) is 0 Å². The molecule has 5 nitrogen and oxygen atoms in total. The molecule has 0 atom stereocenters. The average molecular weight is 314 g/mol. The summed E-state index contributed by atoms with van der Waals surface area (Å²) in [4.78, 5) is 16.2. The molecule has 6 heteroatoms. The minimum atomic E-state index is -0.556. The lowest BCUT2D eigenvalue weighted by molar-refractivity contribution is 0.0492. The second-order valence-corrected chi connectivity index (χ2v) is 5.65. The number of fused-ring (bicyclic) bond motifs is 1. The van der Waals surface area contributed by atoms with Gasteiger partial charge in [-0.1, -0.05) is 0 Å². The van der Waals surface area contributed by atoms with Crippen LogP contribution in [-0.2, 0) is 4.74 Å². The second kappa shape index (κ2) is 5.22. The molecule has 1 saturated carbocycles. The van der Waals surface area contributed by atoms with Crippen LogP contribution in [0.15, 0.2) is 35.1 Å². The molecule has 23 heavy (non-hydrogen) atoms. The summed E-state index contributed by atoms with van der Waals surface area (Å²) in [6.45, 7) is 1.97. The highest BCUT2D eigenvalue weighted by atomic mass is 19.1. The van der Waals surface area contributed by atoms with Crippen LogP contribution in [0.25, 0.3) is 16.7 Å². The molecular weight excluding hydrogens is 299 g/mol. The molecule has 0 radical (unpaired) electrons. The highest BCUT2D eigenvalue weighted by Gasteiger charge is 2.26. The number of aromatic nitrogens is 2. The summed E-state index contributed by atoms with van der Waals surface area (Å²) in [6.07, 6.45) is 5.87. The van der Waals surface area contributed by atoms with Crippen LogP contribution in [0.3, 0.4) is 0 Å². The summed E-state index contributed by atoms with van der Waals surface area (Å²) in [5, 5.41) is 0.647. The van der Waals surface area contributed by atoms with Gasteiger partial charge in [0.25, 0.3) is 0 Å². The van der Waals surface area contributed by atoms with Gasteiger partial charge in [-0.3, -0.25) is 0 Å². The van der Waals surface area contributed by atoms with Gasteiger partial charge >= 0.3 is 5.97 Å². The molecule has 0 bridgehead atoms. The lowest BCUT2D eigenvalue weighted by Crippen LogP contribution is -2.02. The largest absolute Gasteiger partial charge is 0.460 e.